The van der Waals surface area contributed by atoms with Crippen molar-refractivity contribution >= 4 is 6.09 Å². The highest BCUT2D eigenvalue weighted by Gasteiger charge is 2.43. The minimum Gasteiger partial charge on any atom is -0.488 e. The number of carbonyl (C=O) groups excluding carboxylic acids is 1. The van der Waals surface area contributed by atoms with Gasteiger partial charge in [0.1, 0.15) is 23.6 Å². The summed E-state index contributed by atoms with van der Waals surface area (Å²) in [6.45, 7) is 8.26. The van der Waals surface area contributed by atoms with Crippen LogP contribution in [0.15, 0.2) is 54.6 Å². The summed E-state index contributed by atoms with van der Waals surface area (Å²) in [6, 6.07) is 17.2. The van der Waals surface area contributed by atoms with Crippen molar-refractivity contribution in [2.24, 2.45) is 0 Å². The molecule has 0 aromatic heterocycles. The number of aliphatic hydroxyl groups is 1. The molecule has 1 saturated carbocycles. The van der Waals surface area contributed by atoms with Gasteiger partial charge in [-0.1, -0.05) is 42.5 Å². The van der Waals surface area contributed by atoms with Gasteiger partial charge in [0.2, 0.25) is 0 Å². The molecule has 2 aromatic carbocycles. The van der Waals surface area contributed by atoms with Crippen LogP contribution in [0, 0.1) is 6.92 Å². The lowest BCUT2D eigenvalue weighted by atomic mass is 9.84. The van der Waals surface area contributed by atoms with E-state index in [-0.39, 0.29) is 18.2 Å². The van der Waals surface area contributed by atoms with Gasteiger partial charge in [-0.15, -0.1) is 0 Å². The average molecular weight is 441 g/mol. The second kappa shape index (κ2) is 10.4. The molecule has 0 saturated heterocycles. The summed E-state index contributed by atoms with van der Waals surface area (Å²) in [5.41, 5.74) is 1.79. The highest BCUT2D eigenvalue weighted by molar-refractivity contribution is 5.68. The third kappa shape index (κ3) is 6.47. The van der Waals surface area contributed by atoms with Crippen molar-refractivity contribution in [1.29, 1.82) is 0 Å². The first kappa shape index (κ1) is 24.1. The lowest BCUT2D eigenvalue weighted by molar-refractivity contribution is -0.0632. The number of alkyl carbamates (subject to hydrolysis) is 1. The molecule has 6 heteroatoms. The van der Waals surface area contributed by atoms with Crippen molar-refractivity contribution in [2.75, 3.05) is 7.05 Å². The number of benzene rings is 2. The third-order valence-corrected chi connectivity index (χ3v) is 5.83. The van der Waals surface area contributed by atoms with E-state index in [1.165, 1.54) is 11.1 Å². The van der Waals surface area contributed by atoms with Gasteiger partial charge in [-0.05, 0) is 70.8 Å². The lowest BCUT2D eigenvalue weighted by Gasteiger charge is -2.44. The number of para-hydroxylation sites is 1. The Morgan fingerprint density at radius 3 is 2.41 bits per heavy atom. The number of aryl methyl sites for hydroxylation is 1. The van der Waals surface area contributed by atoms with E-state index in [9.17, 15) is 9.90 Å². The fourth-order valence-corrected chi connectivity index (χ4v) is 4.29. The predicted octanol–water partition coefficient (Wildman–Crippen LogP) is 4.29. The first-order valence-corrected chi connectivity index (χ1v) is 11.3. The zero-order valence-corrected chi connectivity index (χ0v) is 19.7. The van der Waals surface area contributed by atoms with E-state index in [4.69, 9.17) is 9.47 Å². The number of aliphatic hydroxyl groups excluding tert-OH is 1. The van der Waals surface area contributed by atoms with Crippen LogP contribution in [-0.2, 0) is 11.3 Å². The SMILES string of the molecule is Cc1ccccc1CN(C)[C@@H]1[C@@H](O)[C@H](Oc2ccccc2)CC[C@H]1NC(=O)OC(C)(C)C. The highest BCUT2D eigenvalue weighted by atomic mass is 16.6. The molecule has 0 radical (unpaired) electrons. The van der Waals surface area contributed by atoms with Gasteiger partial charge in [-0.2, -0.15) is 0 Å². The number of hydrogen-bond acceptors (Lipinski definition) is 5. The number of nitrogens with one attached hydrogen (secondary N) is 1. The predicted molar refractivity (Wildman–Crippen MR) is 126 cm³/mol. The van der Waals surface area contributed by atoms with Crippen molar-refractivity contribution < 1.29 is 19.4 Å². The van der Waals surface area contributed by atoms with Crippen LogP contribution in [0.25, 0.3) is 0 Å². The zero-order valence-electron chi connectivity index (χ0n) is 19.7. The molecule has 3 rings (SSSR count). The van der Waals surface area contributed by atoms with Gasteiger partial charge in [0.25, 0.3) is 0 Å². The third-order valence-electron chi connectivity index (χ3n) is 5.83. The van der Waals surface area contributed by atoms with Crippen LogP contribution in [0.3, 0.4) is 0 Å². The van der Waals surface area contributed by atoms with Gasteiger partial charge in [0.05, 0.1) is 12.1 Å². The molecule has 2 aromatic rings. The molecule has 0 aliphatic heterocycles. The average Bonchev–Trinajstić information content (AvgIpc) is 2.71. The Kier molecular flexibility index (Phi) is 7.80. The fourth-order valence-electron chi connectivity index (χ4n) is 4.29. The van der Waals surface area contributed by atoms with E-state index in [0.29, 0.717) is 19.4 Å². The van der Waals surface area contributed by atoms with Gasteiger partial charge in [0.15, 0.2) is 0 Å². The number of likely N-dealkylation sites (N-methyl/N-ethyl adjacent to an activating group) is 1. The number of hydrogen-bond donors (Lipinski definition) is 2. The molecule has 6 nitrogen and oxygen atoms in total. The van der Waals surface area contributed by atoms with Gasteiger partial charge in [-0.3, -0.25) is 4.90 Å². The molecule has 2 N–H and O–H groups in total. The smallest absolute Gasteiger partial charge is 0.407 e. The zero-order chi connectivity index (χ0) is 23.3. The summed E-state index contributed by atoms with van der Waals surface area (Å²) in [6.07, 6.45) is -0.301. The van der Waals surface area contributed by atoms with Gasteiger partial charge < -0.3 is 19.9 Å². The Morgan fingerprint density at radius 2 is 1.75 bits per heavy atom. The molecule has 0 bridgehead atoms. The van der Waals surface area contributed by atoms with Crippen LogP contribution in [0.4, 0.5) is 4.79 Å². The van der Waals surface area contributed by atoms with Crippen molar-refractivity contribution in [2.45, 2.75) is 77.0 Å². The van der Waals surface area contributed by atoms with E-state index in [1.807, 2.05) is 70.3 Å². The topological polar surface area (TPSA) is 71.0 Å². The van der Waals surface area contributed by atoms with Crippen molar-refractivity contribution in [1.82, 2.24) is 10.2 Å². The molecular formula is C26H36N2O4. The second-order valence-corrected chi connectivity index (χ2v) is 9.62. The first-order chi connectivity index (χ1) is 15.1. The van der Waals surface area contributed by atoms with Gasteiger partial charge >= 0.3 is 6.09 Å². The molecule has 0 unspecified atom stereocenters. The van der Waals surface area contributed by atoms with Crippen molar-refractivity contribution in [3.8, 4) is 5.75 Å². The van der Waals surface area contributed by atoms with Crippen LogP contribution in [0.5, 0.6) is 5.75 Å². The Balaban J connectivity index is 1.79. The number of carbonyl (C=O) groups is 1. The minimum absolute atomic E-state index is 0.260. The van der Waals surface area contributed by atoms with E-state index in [2.05, 4.69) is 29.3 Å². The largest absolute Gasteiger partial charge is 0.488 e. The molecule has 32 heavy (non-hydrogen) atoms. The summed E-state index contributed by atoms with van der Waals surface area (Å²) >= 11 is 0. The Labute approximate surface area is 191 Å². The highest BCUT2D eigenvalue weighted by Crippen LogP contribution is 2.29. The quantitative estimate of drug-likeness (QED) is 0.701. The summed E-state index contributed by atoms with van der Waals surface area (Å²) < 4.78 is 11.6. The van der Waals surface area contributed by atoms with Crippen LogP contribution in [-0.4, -0.2) is 53.0 Å². The number of ether oxygens (including phenoxy) is 2. The summed E-state index contributed by atoms with van der Waals surface area (Å²) in [4.78, 5) is 14.6. The summed E-state index contributed by atoms with van der Waals surface area (Å²) in [5, 5.41) is 14.4. The minimum atomic E-state index is -0.780. The van der Waals surface area contributed by atoms with Crippen molar-refractivity contribution in [3.05, 3.63) is 65.7 Å². The molecule has 4 atom stereocenters. The van der Waals surface area contributed by atoms with E-state index < -0.39 is 17.8 Å². The van der Waals surface area contributed by atoms with Crippen LogP contribution < -0.4 is 10.1 Å². The Morgan fingerprint density at radius 1 is 1.09 bits per heavy atom. The van der Waals surface area contributed by atoms with Crippen LogP contribution >= 0.6 is 0 Å². The van der Waals surface area contributed by atoms with Crippen LogP contribution in [0.2, 0.25) is 0 Å². The molecule has 174 valence electrons. The number of amides is 1. The first-order valence-electron chi connectivity index (χ1n) is 11.3. The number of nitrogens with zero attached hydrogens (tertiary/aromatic N) is 1. The maximum absolute atomic E-state index is 12.5. The van der Waals surface area contributed by atoms with Gasteiger partial charge in [0, 0.05) is 6.54 Å². The Bertz CT molecular complexity index is 881. The molecule has 0 spiro atoms. The van der Waals surface area contributed by atoms with Gasteiger partial charge in [-0.25, -0.2) is 4.79 Å². The standard InChI is InChI=1S/C26H36N2O4/c1-18-11-9-10-12-19(18)17-28(5)23-21(27-25(30)32-26(2,3)4)15-16-22(24(23)29)31-20-13-7-6-8-14-20/h6-14,21-24,29H,15-17H2,1-5H3,(H,27,30)/t21-,22-,23+,24+/m1/s1. The van der Waals surface area contributed by atoms with E-state index >= 15 is 0 Å². The van der Waals surface area contributed by atoms with Crippen molar-refractivity contribution in [3.63, 3.8) is 0 Å². The van der Waals surface area contributed by atoms with E-state index in [1.54, 1.807) is 0 Å². The molecule has 1 aliphatic carbocycles. The maximum Gasteiger partial charge on any atom is 0.407 e. The monoisotopic (exact) mass is 440 g/mol. The van der Waals surface area contributed by atoms with E-state index in [0.717, 1.165) is 5.75 Å². The molecule has 0 heterocycles. The maximum atomic E-state index is 12.5. The lowest BCUT2D eigenvalue weighted by Crippen LogP contribution is -2.63. The van der Waals surface area contributed by atoms with Crippen LogP contribution in [0.1, 0.15) is 44.7 Å². The molecule has 1 fully saturated rings. The number of rotatable bonds is 6. The molecule has 1 aliphatic rings. The molecular weight excluding hydrogens is 404 g/mol. The summed E-state index contributed by atoms with van der Waals surface area (Å²) in [5.74, 6) is 0.732. The summed E-state index contributed by atoms with van der Waals surface area (Å²) in [7, 11) is 1.98. The second-order valence-electron chi connectivity index (χ2n) is 9.62. The molecule has 1 amide bonds. The fraction of sp³-hybridized carbons (Fsp3) is 0.500. The normalized spacial score (nSPS) is 23.6. The Hall–Kier alpha value is -2.57.